The molecule has 3 nitrogen and oxygen atoms in total. The Morgan fingerprint density at radius 2 is 2.00 bits per heavy atom. The number of nitrogens with zero attached hydrogens (tertiary/aromatic N) is 2. The molecule has 0 amide bonds. The SMILES string of the molecule is Cc1ccccc1CN(C)c1nc(C(C)C)c(CO)s1. The van der Waals surface area contributed by atoms with Crippen LogP contribution in [0.1, 0.15) is 41.5 Å². The fraction of sp³-hybridized carbons (Fsp3) is 0.438. The van der Waals surface area contributed by atoms with Crippen LogP contribution in [0.2, 0.25) is 0 Å². The third kappa shape index (κ3) is 3.19. The predicted molar refractivity (Wildman–Crippen MR) is 85.4 cm³/mol. The molecule has 0 unspecified atom stereocenters. The van der Waals surface area contributed by atoms with E-state index in [9.17, 15) is 5.11 Å². The number of thiazole rings is 1. The number of rotatable bonds is 5. The van der Waals surface area contributed by atoms with Gasteiger partial charge in [-0.2, -0.15) is 0 Å². The minimum absolute atomic E-state index is 0.0728. The van der Waals surface area contributed by atoms with Crippen molar-refractivity contribution in [1.29, 1.82) is 0 Å². The Morgan fingerprint density at radius 3 is 2.55 bits per heavy atom. The van der Waals surface area contributed by atoms with Crippen molar-refractivity contribution in [2.24, 2.45) is 0 Å². The van der Waals surface area contributed by atoms with Crippen molar-refractivity contribution in [3.8, 4) is 0 Å². The van der Waals surface area contributed by atoms with Crippen molar-refractivity contribution in [2.75, 3.05) is 11.9 Å². The summed E-state index contributed by atoms with van der Waals surface area (Å²) >= 11 is 1.59. The molecule has 1 heterocycles. The minimum Gasteiger partial charge on any atom is -0.391 e. The van der Waals surface area contributed by atoms with Gasteiger partial charge in [0.2, 0.25) is 0 Å². The van der Waals surface area contributed by atoms with E-state index in [1.54, 1.807) is 11.3 Å². The molecule has 2 aromatic rings. The minimum atomic E-state index is 0.0728. The molecule has 1 N–H and O–H groups in total. The third-order valence-electron chi connectivity index (χ3n) is 3.40. The summed E-state index contributed by atoms with van der Waals surface area (Å²) in [6.07, 6.45) is 0. The smallest absolute Gasteiger partial charge is 0.185 e. The van der Waals surface area contributed by atoms with Crippen LogP contribution in [0, 0.1) is 6.92 Å². The van der Waals surface area contributed by atoms with Crippen LogP contribution in [0.3, 0.4) is 0 Å². The van der Waals surface area contributed by atoms with Gasteiger partial charge in [0, 0.05) is 13.6 Å². The van der Waals surface area contributed by atoms with Gasteiger partial charge in [-0.1, -0.05) is 49.4 Å². The third-order valence-corrected chi connectivity index (χ3v) is 4.57. The second kappa shape index (κ2) is 6.37. The lowest BCUT2D eigenvalue weighted by atomic mass is 10.1. The molecule has 108 valence electrons. The zero-order valence-electron chi connectivity index (χ0n) is 12.6. The van der Waals surface area contributed by atoms with Crippen LogP contribution in [-0.4, -0.2) is 17.1 Å². The molecule has 0 saturated carbocycles. The van der Waals surface area contributed by atoms with Crippen LogP contribution in [-0.2, 0) is 13.2 Å². The van der Waals surface area contributed by atoms with Crippen LogP contribution in [0.5, 0.6) is 0 Å². The van der Waals surface area contributed by atoms with E-state index in [2.05, 4.69) is 57.0 Å². The van der Waals surface area contributed by atoms with Crippen LogP contribution in [0.15, 0.2) is 24.3 Å². The number of aryl methyl sites for hydroxylation is 1. The molecule has 4 heteroatoms. The first-order chi connectivity index (χ1) is 9.52. The van der Waals surface area contributed by atoms with E-state index >= 15 is 0 Å². The van der Waals surface area contributed by atoms with Crippen molar-refractivity contribution in [2.45, 2.75) is 39.8 Å². The fourth-order valence-corrected chi connectivity index (χ4v) is 3.22. The lowest BCUT2D eigenvalue weighted by Gasteiger charge is -2.17. The van der Waals surface area contributed by atoms with Gasteiger partial charge in [-0.3, -0.25) is 0 Å². The van der Waals surface area contributed by atoms with Gasteiger partial charge >= 0.3 is 0 Å². The zero-order chi connectivity index (χ0) is 14.7. The maximum Gasteiger partial charge on any atom is 0.185 e. The molecule has 0 atom stereocenters. The lowest BCUT2D eigenvalue weighted by Crippen LogP contribution is -2.16. The second-order valence-corrected chi connectivity index (χ2v) is 6.46. The average Bonchev–Trinajstić information content (AvgIpc) is 2.86. The largest absolute Gasteiger partial charge is 0.391 e. The van der Waals surface area contributed by atoms with E-state index in [1.165, 1.54) is 11.1 Å². The van der Waals surface area contributed by atoms with E-state index in [4.69, 9.17) is 4.98 Å². The Labute approximate surface area is 124 Å². The molecule has 0 fully saturated rings. The monoisotopic (exact) mass is 290 g/mol. The van der Waals surface area contributed by atoms with Crippen molar-refractivity contribution in [3.63, 3.8) is 0 Å². The zero-order valence-corrected chi connectivity index (χ0v) is 13.4. The first kappa shape index (κ1) is 15.0. The normalized spacial score (nSPS) is 11.1. The first-order valence-electron chi connectivity index (χ1n) is 6.89. The Kier molecular flexibility index (Phi) is 4.78. The standard InChI is InChI=1S/C16H22N2OS/c1-11(2)15-14(10-19)20-16(17-15)18(4)9-13-8-6-5-7-12(13)3/h5-8,11,19H,9-10H2,1-4H3. The highest BCUT2D eigenvalue weighted by molar-refractivity contribution is 7.15. The van der Waals surface area contributed by atoms with Crippen molar-refractivity contribution >= 4 is 16.5 Å². The molecule has 0 bridgehead atoms. The van der Waals surface area contributed by atoms with Gasteiger partial charge in [-0.05, 0) is 24.0 Å². The van der Waals surface area contributed by atoms with Gasteiger partial charge in [0.25, 0.3) is 0 Å². The highest BCUT2D eigenvalue weighted by Gasteiger charge is 2.16. The molecule has 0 radical (unpaired) electrons. The quantitative estimate of drug-likeness (QED) is 0.912. The molecular formula is C16H22N2OS. The van der Waals surface area contributed by atoms with Crippen molar-refractivity contribution in [3.05, 3.63) is 46.0 Å². The van der Waals surface area contributed by atoms with Crippen LogP contribution in [0.4, 0.5) is 5.13 Å². The molecule has 20 heavy (non-hydrogen) atoms. The molecule has 2 rings (SSSR count). The lowest BCUT2D eigenvalue weighted by molar-refractivity contribution is 0.283. The van der Waals surface area contributed by atoms with Gasteiger partial charge < -0.3 is 10.0 Å². The van der Waals surface area contributed by atoms with E-state index in [-0.39, 0.29) is 6.61 Å². The topological polar surface area (TPSA) is 36.4 Å². The summed E-state index contributed by atoms with van der Waals surface area (Å²) in [5, 5.41) is 10.4. The molecule has 0 aliphatic heterocycles. The van der Waals surface area contributed by atoms with Crippen LogP contribution in [0.25, 0.3) is 0 Å². The number of aliphatic hydroxyl groups is 1. The molecule has 0 aliphatic carbocycles. The number of aromatic nitrogens is 1. The van der Waals surface area contributed by atoms with E-state index < -0.39 is 0 Å². The Morgan fingerprint density at radius 1 is 1.30 bits per heavy atom. The van der Waals surface area contributed by atoms with Crippen LogP contribution >= 0.6 is 11.3 Å². The van der Waals surface area contributed by atoms with Gasteiger partial charge in [0.15, 0.2) is 5.13 Å². The highest BCUT2D eigenvalue weighted by Crippen LogP contribution is 2.31. The maximum atomic E-state index is 9.45. The molecule has 0 aliphatic rings. The van der Waals surface area contributed by atoms with Crippen LogP contribution < -0.4 is 4.90 Å². The maximum absolute atomic E-state index is 9.45. The highest BCUT2D eigenvalue weighted by atomic mass is 32.1. The van der Waals surface area contributed by atoms with Crippen molar-refractivity contribution < 1.29 is 5.11 Å². The van der Waals surface area contributed by atoms with Gasteiger partial charge in [-0.25, -0.2) is 4.98 Å². The summed E-state index contributed by atoms with van der Waals surface area (Å²) in [5.74, 6) is 0.342. The van der Waals surface area contributed by atoms with E-state index in [0.29, 0.717) is 5.92 Å². The number of anilines is 1. The van der Waals surface area contributed by atoms with Crippen molar-refractivity contribution in [1.82, 2.24) is 4.98 Å². The molecule has 0 saturated heterocycles. The average molecular weight is 290 g/mol. The summed E-state index contributed by atoms with van der Waals surface area (Å²) < 4.78 is 0. The Bertz CT molecular complexity index is 578. The number of aliphatic hydroxyl groups excluding tert-OH is 1. The van der Waals surface area contributed by atoms with Gasteiger partial charge in [0.05, 0.1) is 17.2 Å². The summed E-state index contributed by atoms with van der Waals surface area (Å²) in [7, 11) is 2.05. The number of benzene rings is 1. The molecular weight excluding hydrogens is 268 g/mol. The second-order valence-electron chi connectivity index (χ2n) is 5.40. The summed E-state index contributed by atoms with van der Waals surface area (Å²) in [5.41, 5.74) is 3.62. The molecule has 1 aromatic heterocycles. The number of hydrogen-bond donors (Lipinski definition) is 1. The van der Waals surface area contributed by atoms with Gasteiger partial charge in [0.1, 0.15) is 0 Å². The molecule has 1 aromatic carbocycles. The Balaban J connectivity index is 2.21. The van der Waals surface area contributed by atoms with E-state index in [1.807, 2.05) is 0 Å². The summed E-state index contributed by atoms with van der Waals surface area (Å²) in [6, 6.07) is 8.40. The fourth-order valence-electron chi connectivity index (χ4n) is 2.19. The Hall–Kier alpha value is -1.39. The summed E-state index contributed by atoms with van der Waals surface area (Å²) in [4.78, 5) is 7.82. The van der Waals surface area contributed by atoms with Gasteiger partial charge in [-0.15, -0.1) is 0 Å². The number of hydrogen-bond acceptors (Lipinski definition) is 4. The first-order valence-corrected chi connectivity index (χ1v) is 7.70. The summed E-state index contributed by atoms with van der Waals surface area (Å²) in [6.45, 7) is 7.26. The predicted octanol–water partition coefficient (Wildman–Crippen LogP) is 3.70. The molecule has 0 spiro atoms. The van der Waals surface area contributed by atoms with E-state index in [0.717, 1.165) is 22.2 Å².